The van der Waals surface area contributed by atoms with Gasteiger partial charge in [0.2, 0.25) is 5.91 Å². The van der Waals surface area contributed by atoms with E-state index in [1.165, 1.54) is 0 Å². The normalized spacial score (nSPS) is 11.9. The number of aromatic nitrogens is 2. The van der Waals surface area contributed by atoms with E-state index in [0.29, 0.717) is 10.6 Å². The highest BCUT2D eigenvalue weighted by Gasteiger charge is 2.10. The molecule has 1 atom stereocenters. The average molecular weight is 277 g/mol. The molecule has 0 fully saturated rings. The summed E-state index contributed by atoms with van der Waals surface area (Å²) in [6.45, 7) is 1.96. The van der Waals surface area contributed by atoms with Crippen molar-refractivity contribution in [3.63, 3.8) is 0 Å². The van der Waals surface area contributed by atoms with Crippen molar-refractivity contribution in [1.29, 1.82) is 0 Å². The van der Waals surface area contributed by atoms with Gasteiger partial charge in [0.1, 0.15) is 0 Å². The molecule has 0 aliphatic rings. The fourth-order valence-electron chi connectivity index (χ4n) is 1.66. The molecule has 1 heterocycles. The van der Waals surface area contributed by atoms with Crippen molar-refractivity contribution >= 4 is 23.2 Å². The van der Waals surface area contributed by atoms with Gasteiger partial charge >= 0.3 is 0 Å². The first-order valence-electron chi connectivity index (χ1n) is 5.69. The van der Waals surface area contributed by atoms with Crippen molar-refractivity contribution in [3.05, 3.63) is 53.1 Å². The van der Waals surface area contributed by atoms with E-state index in [-0.39, 0.29) is 6.04 Å². The maximum atomic E-state index is 11.1. The zero-order chi connectivity index (χ0) is 13.8. The van der Waals surface area contributed by atoms with Gasteiger partial charge in [-0.1, -0.05) is 11.6 Å². The Morgan fingerprint density at radius 3 is 2.79 bits per heavy atom. The van der Waals surface area contributed by atoms with Crippen molar-refractivity contribution in [2.45, 2.75) is 13.0 Å². The van der Waals surface area contributed by atoms with Gasteiger partial charge in [-0.3, -0.25) is 14.8 Å². The fraction of sp³-hybridized carbons (Fsp3) is 0.154. The van der Waals surface area contributed by atoms with Crippen LogP contribution >= 0.6 is 11.6 Å². The number of halogens is 1. The number of nitrogens with two attached hydrogens (primary N) is 1. The Morgan fingerprint density at radius 1 is 1.42 bits per heavy atom. The summed E-state index contributed by atoms with van der Waals surface area (Å²) in [5, 5.41) is 3.55. The van der Waals surface area contributed by atoms with E-state index in [1.54, 1.807) is 36.8 Å². The minimum Gasteiger partial charge on any atom is -0.377 e. The number of nitrogens with one attached hydrogen (secondary N) is 1. The van der Waals surface area contributed by atoms with E-state index in [0.717, 1.165) is 11.4 Å². The van der Waals surface area contributed by atoms with Crippen LogP contribution in [-0.4, -0.2) is 15.9 Å². The summed E-state index contributed by atoms with van der Waals surface area (Å²) in [7, 11) is 0. The van der Waals surface area contributed by atoms with Crippen LogP contribution in [0.4, 0.5) is 5.69 Å². The maximum Gasteiger partial charge on any atom is 0.250 e. The molecule has 2 rings (SSSR count). The quantitative estimate of drug-likeness (QED) is 0.898. The lowest BCUT2D eigenvalue weighted by Crippen LogP contribution is -2.12. The van der Waals surface area contributed by atoms with Crippen LogP contribution in [0.25, 0.3) is 0 Å². The molecule has 0 saturated heterocycles. The number of carbonyl (C=O) groups excluding carboxylic acids is 1. The number of hydrogen-bond acceptors (Lipinski definition) is 4. The molecule has 5 nitrogen and oxygen atoms in total. The van der Waals surface area contributed by atoms with Gasteiger partial charge in [0.25, 0.3) is 0 Å². The molecule has 98 valence electrons. The molecule has 2 aromatic rings. The van der Waals surface area contributed by atoms with Gasteiger partial charge in [0, 0.05) is 18.1 Å². The fourth-order valence-corrected chi connectivity index (χ4v) is 1.94. The molecule has 0 aliphatic carbocycles. The van der Waals surface area contributed by atoms with Gasteiger partial charge in [0.15, 0.2) is 0 Å². The number of nitrogens with zero attached hydrogens (tertiary/aromatic N) is 2. The van der Waals surface area contributed by atoms with E-state index < -0.39 is 5.91 Å². The summed E-state index contributed by atoms with van der Waals surface area (Å²) < 4.78 is 0. The van der Waals surface area contributed by atoms with E-state index in [1.807, 2.05) is 6.92 Å². The highest BCUT2D eigenvalue weighted by atomic mass is 35.5. The van der Waals surface area contributed by atoms with Crippen molar-refractivity contribution in [2.24, 2.45) is 5.73 Å². The number of primary amides is 1. The van der Waals surface area contributed by atoms with Crippen molar-refractivity contribution in [2.75, 3.05) is 5.32 Å². The number of benzene rings is 1. The summed E-state index contributed by atoms with van der Waals surface area (Å²) in [4.78, 5) is 19.3. The van der Waals surface area contributed by atoms with Gasteiger partial charge in [-0.15, -0.1) is 0 Å². The molecule has 0 spiro atoms. The summed E-state index contributed by atoms with van der Waals surface area (Å²) in [5.74, 6) is -0.543. The SMILES string of the molecule is CC(Nc1ccc(C(N)=O)c(Cl)c1)c1cnccn1. The molecule has 0 bridgehead atoms. The van der Waals surface area contributed by atoms with E-state index in [4.69, 9.17) is 17.3 Å². The number of anilines is 1. The van der Waals surface area contributed by atoms with E-state index >= 15 is 0 Å². The summed E-state index contributed by atoms with van der Waals surface area (Å²) >= 11 is 5.99. The van der Waals surface area contributed by atoms with Crippen LogP contribution in [0.2, 0.25) is 5.02 Å². The first-order valence-corrected chi connectivity index (χ1v) is 6.07. The van der Waals surface area contributed by atoms with Crippen molar-refractivity contribution in [3.8, 4) is 0 Å². The van der Waals surface area contributed by atoms with Gasteiger partial charge < -0.3 is 11.1 Å². The Balaban J connectivity index is 2.16. The number of amides is 1. The minimum atomic E-state index is -0.543. The van der Waals surface area contributed by atoms with Crippen LogP contribution in [0.5, 0.6) is 0 Å². The molecule has 6 heteroatoms. The second-order valence-corrected chi connectivity index (χ2v) is 4.46. The Labute approximate surface area is 115 Å². The standard InChI is InChI=1S/C13H13ClN4O/c1-8(12-7-16-4-5-17-12)18-9-2-3-10(13(15)19)11(14)6-9/h2-8,18H,1H3,(H2,15,19). The molecule has 1 amide bonds. The van der Waals surface area contributed by atoms with Crippen LogP contribution in [0.15, 0.2) is 36.8 Å². The van der Waals surface area contributed by atoms with Crippen LogP contribution < -0.4 is 11.1 Å². The molecule has 0 aliphatic heterocycles. The smallest absolute Gasteiger partial charge is 0.250 e. The largest absolute Gasteiger partial charge is 0.377 e. The third-order valence-electron chi connectivity index (χ3n) is 2.64. The lowest BCUT2D eigenvalue weighted by Gasteiger charge is -2.15. The Bertz CT molecular complexity index is 588. The molecule has 3 N–H and O–H groups in total. The molecule has 0 radical (unpaired) electrons. The molecular weight excluding hydrogens is 264 g/mol. The van der Waals surface area contributed by atoms with Crippen molar-refractivity contribution in [1.82, 2.24) is 9.97 Å². The summed E-state index contributed by atoms with van der Waals surface area (Å²) in [5.41, 5.74) is 7.10. The third-order valence-corrected chi connectivity index (χ3v) is 2.96. The maximum absolute atomic E-state index is 11.1. The molecule has 0 saturated carbocycles. The Morgan fingerprint density at radius 2 is 2.21 bits per heavy atom. The Kier molecular flexibility index (Phi) is 3.97. The molecule has 1 aromatic carbocycles. The monoisotopic (exact) mass is 276 g/mol. The minimum absolute atomic E-state index is 0.0239. The molecular formula is C13H13ClN4O. The first kappa shape index (κ1) is 13.3. The van der Waals surface area contributed by atoms with E-state index in [9.17, 15) is 4.79 Å². The highest BCUT2D eigenvalue weighted by molar-refractivity contribution is 6.34. The van der Waals surface area contributed by atoms with Crippen LogP contribution in [0.3, 0.4) is 0 Å². The number of rotatable bonds is 4. The van der Waals surface area contributed by atoms with Crippen LogP contribution in [0, 0.1) is 0 Å². The predicted molar refractivity (Wildman–Crippen MR) is 74.0 cm³/mol. The van der Waals surface area contributed by atoms with Crippen LogP contribution in [0.1, 0.15) is 29.0 Å². The third kappa shape index (κ3) is 3.20. The van der Waals surface area contributed by atoms with Crippen molar-refractivity contribution < 1.29 is 4.79 Å². The second-order valence-electron chi connectivity index (χ2n) is 4.06. The van der Waals surface area contributed by atoms with Gasteiger partial charge in [-0.25, -0.2) is 0 Å². The van der Waals surface area contributed by atoms with Crippen LogP contribution in [-0.2, 0) is 0 Å². The Hall–Kier alpha value is -2.14. The lowest BCUT2D eigenvalue weighted by molar-refractivity contribution is 0.100. The summed E-state index contributed by atoms with van der Waals surface area (Å²) in [6.07, 6.45) is 4.95. The molecule has 1 unspecified atom stereocenters. The predicted octanol–water partition coefficient (Wildman–Crippen LogP) is 2.40. The number of hydrogen-bond donors (Lipinski definition) is 2. The first-order chi connectivity index (χ1) is 9.08. The van der Waals surface area contributed by atoms with E-state index in [2.05, 4.69) is 15.3 Å². The summed E-state index contributed by atoms with van der Waals surface area (Å²) in [6, 6.07) is 4.98. The van der Waals surface area contributed by atoms with Gasteiger partial charge in [0.05, 0.1) is 28.5 Å². The zero-order valence-corrected chi connectivity index (χ0v) is 11.1. The van der Waals surface area contributed by atoms with Gasteiger partial charge in [-0.05, 0) is 25.1 Å². The van der Waals surface area contributed by atoms with Gasteiger partial charge in [-0.2, -0.15) is 0 Å². The highest BCUT2D eigenvalue weighted by Crippen LogP contribution is 2.23. The second kappa shape index (κ2) is 5.67. The average Bonchev–Trinajstić information content (AvgIpc) is 2.39. The molecule has 1 aromatic heterocycles. The topological polar surface area (TPSA) is 80.9 Å². The number of carbonyl (C=O) groups is 1. The zero-order valence-electron chi connectivity index (χ0n) is 10.3. The molecule has 19 heavy (non-hydrogen) atoms. The lowest BCUT2D eigenvalue weighted by atomic mass is 10.1.